The second-order valence-corrected chi connectivity index (χ2v) is 8.82. The van der Waals surface area contributed by atoms with Gasteiger partial charge in [0.1, 0.15) is 18.0 Å². The molecule has 0 aliphatic rings. The van der Waals surface area contributed by atoms with E-state index in [1.54, 1.807) is 31.3 Å². The molecule has 0 N–H and O–H groups in total. The topological polar surface area (TPSA) is 66.9 Å². The molecule has 0 heterocycles. The van der Waals surface area contributed by atoms with Crippen molar-refractivity contribution >= 4 is 21.6 Å². The van der Waals surface area contributed by atoms with Gasteiger partial charge in [-0.25, -0.2) is 8.42 Å². The zero-order chi connectivity index (χ0) is 21.6. The molecule has 7 heteroatoms. The van der Waals surface area contributed by atoms with E-state index >= 15 is 0 Å². The highest BCUT2D eigenvalue weighted by Gasteiger charge is 2.23. The van der Waals surface area contributed by atoms with Gasteiger partial charge in [-0.2, -0.15) is 0 Å². The summed E-state index contributed by atoms with van der Waals surface area (Å²) in [6.07, 6.45) is 1.09. The van der Waals surface area contributed by atoms with Gasteiger partial charge >= 0.3 is 0 Å². The lowest BCUT2D eigenvalue weighted by Gasteiger charge is -2.25. The van der Waals surface area contributed by atoms with Gasteiger partial charge in [0.15, 0.2) is 0 Å². The number of anilines is 1. The Morgan fingerprint density at radius 1 is 0.833 bits per heavy atom. The maximum Gasteiger partial charge on any atom is 0.243 e. The zero-order valence-electron chi connectivity index (χ0n) is 16.9. The first-order chi connectivity index (χ1) is 14.3. The smallest absolute Gasteiger partial charge is 0.243 e. The first kappa shape index (κ1) is 21.4. The Bertz CT molecular complexity index is 1070. The van der Waals surface area contributed by atoms with Crippen LogP contribution in [-0.2, 0) is 21.4 Å². The number of hydrogen-bond acceptors (Lipinski definition) is 4. The summed E-state index contributed by atoms with van der Waals surface area (Å²) < 4.78 is 31.5. The van der Waals surface area contributed by atoms with E-state index in [9.17, 15) is 13.2 Å². The van der Waals surface area contributed by atoms with Crippen LogP contribution in [0.3, 0.4) is 0 Å². The van der Waals surface area contributed by atoms with Crippen LogP contribution in [0.1, 0.15) is 5.56 Å². The monoisotopic (exact) mass is 424 g/mol. The van der Waals surface area contributed by atoms with Gasteiger partial charge in [-0.05, 0) is 42.0 Å². The zero-order valence-corrected chi connectivity index (χ0v) is 17.7. The highest BCUT2D eigenvalue weighted by Crippen LogP contribution is 2.25. The summed E-state index contributed by atoms with van der Waals surface area (Å²) in [6, 6.07) is 25.5. The summed E-state index contributed by atoms with van der Waals surface area (Å²) in [5.74, 6) is 0.961. The number of carbonyl (C=O) groups excluding carboxylic acids is 1. The number of ether oxygens (including phenoxy) is 1. The molecule has 0 atom stereocenters. The van der Waals surface area contributed by atoms with Crippen LogP contribution in [0.2, 0.25) is 0 Å². The van der Waals surface area contributed by atoms with Crippen LogP contribution in [0.25, 0.3) is 0 Å². The van der Waals surface area contributed by atoms with Gasteiger partial charge in [0.05, 0.1) is 11.9 Å². The van der Waals surface area contributed by atoms with Crippen molar-refractivity contribution in [2.45, 2.75) is 6.54 Å². The predicted octanol–water partition coefficient (Wildman–Crippen LogP) is 3.90. The van der Waals surface area contributed by atoms with E-state index in [4.69, 9.17) is 4.74 Å². The van der Waals surface area contributed by atoms with Crippen molar-refractivity contribution in [3.63, 3.8) is 0 Å². The Labute approximate surface area is 177 Å². The molecule has 0 saturated carbocycles. The van der Waals surface area contributed by atoms with E-state index < -0.39 is 10.0 Å². The summed E-state index contributed by atoms with van der Waals surface area (Å²) in [5.41, 5.74) is 1.38. The van der Waals surface area contributed by atoms with Crippen LogP contribution in [-0.4, -0.2) is 39.1 Å². The molecule has 6 nitrogen and oxygen atoms in total. The van der Waals surface area contributed by atoms with Crippen molar-refractivity contribution in [3.05, 3.63) is 90.5 Å². The molecule has 3 aromatic carbocycles. The number of amides is 1. The third-order valence-corrected chi connectivity index (χ3v) is 5.61. The summed E-state index contributed by atoms with van der Waals surface area (Å²) in [5, 5.41) is 0. The van der Waals surface area contributed by atoms with Gasteiger partial charge in [0.25, 0.3) is 0 Å². The minimum Gasteiger partial charge on any atom is -0.457 e. The standard InChI is InChI=1S/C23H24N2O4S/c1-24(17-19-9-5-3-6-10-19)23(26)18-25(30(2,27)28)20-13-15-22(16-14-20)29-21-11-7-4-8-12-21/h3-16H,17-18H2,1-2H3. The van der Waals surface area contributed by atoms with E-state index in [2.05, 4.69) is 0 Å². The lowest BCUT2D eigenvalue weighted by atomic mass is 10.2. The number of nitrogens with zero attached hydrogens (tertiary/aromatic N) is 2. The van der Waals surface area contributed by atoms with E-state index in [1.807, 2.05) is 60.7 Å². The molecule has 3 aromatic rings. The molecule has 30 heavy (non-hydrogen) atoms. The molecule has 0 unspecified atom stereocenters. The summed E-state index contributed by atoms with van der Waals surface area (Å²) >= 11 is 0. The molecule has 3 rings (SSSR count). The first-order valence-corrected chi connectivity index (χ1v) is 11.3. The highest BCUT2D eigenvalue weighted by atomic mass is 32.2. The van der Waals surface area contributed by atoms with Gasteiger partial charge < -0.3 is 9.64 Å². The van der Waals surface area contributed by atoms with Crippen molar-refractivity contribution in [1.82, 2.24) is 4.90 Å². The number of likely N-dealkylation sites (N-methyl/N-ethyl adjacent to an activating group) is 1. The molecule has 1 amide bonds. The molecule has 0 aliphatic heterocycles. The maximum atomic E-state index is 12.7. The van der Waals surface area contributed by atoms with Gasteiger partial charge in [-0.1, -0.05) is 48.5 Å². The van der Waals surface area contributed by atoms with Crippen molar-refractivity contribution in [2.24, 2.45) is 0 Å². The molecule has 0 bridgehead atoms. The minimum atomic E-state index is -3.65. The highest BCUT2D eigenvalue weighted by molar-refractivity contribution is 7.92. The molecule has 156 valence electrons. The molecule has 0 saturated heterocycles. The lowest BCUT2D eigenvalue weighted by Crippen LogP contribution is -2.41. The first-order valence-electron chi connectivity index (χ1n) is 9.41. The average molecular weight is 425 g/mol. The van der Waals surface area contributed by atoms with Gasteiger partial charge in [-0.15, -0.1) is 0 Å². The maximum absolute atomic E-state index is 12.7. The quantitative estimate of drug-likeness (QED) is 0.550. The molecule has 0 aliphatic carbocycles. The predicted molar refractivity (Wildman–Crippen MR) is 118 cm³/mol. The molecule has 0 fully saturated rings. The van der Waals surface area contributed by atoms with Crippen LogP contribution >= 0.6 is 0 Å². The molecular weight excluding hydrogens is 400 g/mol. The van der Waals surface area contributed by atoms with Gasteiger partial charge in [0, 0.05) is 13.6 Å². The van der Waals surface area contributed by atoms with E-state index in [-0.39, 0.29) is 12.5 Å². The number of rotatable bonds is 8. The molecule has 0 aromatic heterocycles. The van der Waals surface area contributed by atoms with Crippen molar-refractivity contribution in [1.29, 1.82) is 0 Å². The van der Waals surface area contributed by atoms with Crippen LogP contribution in [0.4, 0.5) is 5.69 Å². The third-order valence-electron chi connectivity index (χ3n) is 4.47. The summed E-state index contributed by atoms with van der Waals surface area (Å²) in [6.45, 7) is 0.127. The molecule has 0 spiro atoms. The minimum absolute atomic E-state index is 0.277. The van der Waals surface area contributed by atoms with Crippen LogP contribution in [0, 0.1) is 0 Å². The Balaban J connectivity index is 1.72. The SMILES string of the molecule is CN(Cc1ccccc1)C(=O)CN(c1ccc(Oc2ccccc2)cc1)S(C)(=O)=O. The third kappa shape index (κ3) is 5.84. The second kappa shape index (κ2) is 9.45. The number of sulfonamides is 1. The van der Waals surface area contributed by atoms with Crippen LogP contribution < -0.4 is 9.04 Å². The van der Waals surface area contributed by atoms with Gasteiger partial charge in [-0.3, -0.25) is 9.10 Å². The Morgan fingerprint density at radius 3 is 1.93 bits per heavy atom. The Morgan fingerprint density at radius 2 is 1.37 bits per heavy atom. The second-order valence-electron chi connectivity index (χ2n) is 6.91. The largest absolute Gasteiger partial charge is 0.457 e. The normalized spacial score (nSPS) is 11.0. The lowest BCUT2D eigenvalue weighted by molar-refractivity contribution is -0.128. The fourth-order valence-corrected chi connectivity index (χ4v) is 3.74. The van der Waals surface area contributed by atoms with E-state index in [0.29, 0.717) is 23.7 Å². The molecular formula is C23H24N2O4S. The number of benzene rings is 3. The molecule has 0 radical (unpaired) electrons. The van der Waals surface area contributed by atoms with Gasteiger partial charge in [0.2, 0.25) is 15.9 Å². The van der Waals surface area contributed by atoms with Crippen molar-refractivity contribution in [2.75, 3.05) is 24.2 Å². The van der Waals surface area contributed by atoms with E-state index in [1.165, 1.54) is 4.90 Å². The summed E-state index contributed by atoms with van der Waals surface area (Å²) in [4.78, 5) is 14.2. The number of para-hydroxylation sites is 1. The van der Waals surface area contributed by atoms with Crippen LogP contribution in [0.5, 0.6) is 11.5 Å². The Kier molecular flexibility index (Phi) is 6.74. The fourth-order valence-electron chi connectivity index (χ4n) is 2.89. The van der Waals surface area contributed by atoms with Crippen LogP contribution in [0.15, 0.2) is 84.9 Å². The number of carbonyl (C=O) groups is 1. The Hall–Kier alpha value is -3.32. The summed E-state index contributed by atoms with van der Waals surface area (Å²) in [7, 11) is -1.99. The average Bonchev–Trinajstić information content (AvgIpc) is 2.73. The van der Waals surface area contributed by atoms with E-state index in [0.717, 1.165) is 16.1 Å². The number of hydrogen-bond donors (Lipinski definition) is 0. The van der Waals surface area contributed by atoms with Crippen molar-refractivity contribution in [3.8, 4) is 11.5 Å². The fraction of sp³-hybridized carbons (Fsp3) is 0.174. The van der Waals surface area contributed by atoms with Crippen molar-refractivity contribution < 1.29 is 17.9 Å².